The van der Waals surface area contributed by atoms with Crippen molar-refractivity contribution in [1.82, 2.24) is 0 Å². The van der Waals surface area contributed by atoms with E-state index in [9.17, 15) is 26.4 Å². The number of esters is 2. The largest absolute Gasteiger partial charge is 0.446 e. The van der Waals surface area contributed by atoms with Crippen LogP contribution in [0.15, 0.2) is 0 Å². The van der Waals surface area contributed by atoms with Crippen LogP contribution in [-0.2, 0) is 38.7 Å². The minimum Gasteiger partial charge on any atom is -0.446 e. The Bertz CT molecular complexity index is 542. The summed E-state index contributed by atoms with van der Waals surface area (Å²) in [5.74, 6) is -3.22. The Hall–Kier alpha value is -1.16. The molecule has 0 aromatic rings. The first kappa shape index (κ1) is 13.9. The monoisotopic (exact) mass is 286 g/mol. The van der Waals surface area contributed by atoms with Gasteiger partial charge in [0.1, 0.15) is 0 Å². The zero-order chi connectivity index (χ0) is 13.4. The summed E-state index contributed by atoms with van der Waals surface area (Å²) >= 11 is 0. The molecule has 0 saturated carbocycles. The molecule has 98 valence electrons. The summed E-state index contributed by atoms with van der Waals surface area (Å²) < 4.78 is 52.7. The number of sulfone groups is 2. The Morgan fingerprint density at radius 2 is 1.53 bits per heavy atom. The molecule has 2 unspecified atom stereocenters. The average molecular weight is 286 g/mol. The summed E-state index contributed by atoms with van der Waals surface area (Å²) in [6.45, 7) is 0. The Labute approximate surface area is 97.7 Å². The molecular weight excluding hydrogens is 276 g/mol. The topological polar surface area (TPSA) is 121 Å². The highest BCUT2D eigenvalue weighted by molar-refractivity contribution is 7.92. The van der Waals surface area contributed by atoms with Gasteiger partial charge in [0.05, 0.1) is 5.75 Å². The Morgan fingerprint density at radius 3 is 1.94 bits per heavy atom. The quantitative estimate of drug-likeness (QED) is 0.539. The van der Waals surface area contributed by atoms with Crippen molar-refractivity contribution < 1.29 is 35.9 Å². The van der Waals surface area contributed by atoms with Gasteiger partial charge in [-0.3, -0.25) is 0 Å². The van der Waals surface area contributed by atoms with Gasteiger partial charge in [-0.1, -0.05) is 0 Å². The fourth-order valence-electron chi connectivity index (χ4n) is 1.11. The maximum Gasteiger partial charge on any atom is 0.364 e. The van der Waals surface area contributed by atoms with Crippen LogP contribution >= 0.6 is 0 Å². The maximum absolute atomic E-state index is 11.2. The lowest BCUT2D eigenvalue weighted by Crippen LogP contribution is -2.49. The van der Waals surface area contributed by atoms with E-state index in [0.29, 0.717) is 6.26 Å². The molecular formula is C7H10O8S2. The van der Waals surface area contributed by atoms with Crippen molar-refractivity contribution in [2.75, 3.05) is 18.3 Å². The lowest BCUT2D eigenvalue weighted by molar-refractivity contribution is -0.186. The van der Waals surface area contributed by atoms with Gasteiger partial charge in [0, 0.05) is 12.5 Å². The van der Waals surface area contributed by atoms with Crippen LogP contribution in [0.5, 0.6) is 0 Å². The highest BCUT2D eigenvalue weighted by Crippen LogP contribution is 2.15. The van der Waals surface area contributed by atoms with Crippen LogP contribution in [0.3, 0.4) is 0 Å². The minimum atomic E-state index is -3.94. The van der Waals surface area contributed by atoms with E-state index < -0.39 is 48.9 Å². The first-order valence-electron chi connectivity index (χ1n) is 4.28. The van der Waals surface area contributed by atoms with E-state index in [-0.39, 0.29) is 0 Å². The zero-order valence-electron chi connectivity index (χ0n) is 8.94. The van der Waals surface area contributed by atoms with Gasteiger partial charge in [-0.15, -0.1) is 0 Å². The van der Waals surface area contributed by atoms with Gasteiger partial charge >= 0.3 is 11.9 Å². The van der Waals surface area contributed by atoms with Crippen LogP contribution < -0.4 is 0 Å². The minimum absolute atomic E-state index is 0.698. The summed E-state index contributed by atoms with van der Waals surface area (Å²) in [5.41, 5.74) is -2.02. The number of rotatable bonds is 3. The Balaban J connectivity index is 2.89. The number of ether oxygens (including phenoxy) is 2. The van der Waals surface area contributed by atoms with Crippen LogP contribution in [-0.4, -0.2) is 58.6 Å². The van der Waals surface area contributed by atoms with Crippen molar-refractivity contribution in [3.63, 3.8) is 0 Å². The first-order chi connectivity index (χ1) is 7.50. The fraction of sp³-hybridized carbons (Fsp3) is 0.714. The molecule has 1 saturated heterocycles. The van der Waals surface area contributed by atoms with Gasteiger partial charge < -0.3 is 9.47 Å². The molecule has 0 aromatic heterocycles. The maximum atomic E-state index is 11.2. The van der Waals surface area contributed by atoms with E-state index in [2.05, 4.69) is 9.47 Å². The second kappa shape index (κ2) is 4.26. The van der Waals surface area contributed by atoms with Gasteiger partial charge in [-0.05, 0) is 0 Å². The lowest BCUT2D eigenvalue weighted by atomic mass is 10.4. The number of hydrogen-bond acceptors (Lipinski definition) is 8. The summed E-state index contributed by atoms with van der Waals surface area (Å²) in [6, 6.07) is 0. The molecule has 1 rings (SSSR count). The predicted octanol–water partition coefficient (Wildman–Crippen LogP) is -2.13. The fourth-order valence-corrected chi connectivity index (χ4v) is 2.54. The van der Waals surface area contributed by atoms with E-state index in [1.54, 1.807) is 0 Å². The summed E-state index contributed by atoms with van der Waals surface area (Å²) in [4.78, 5) is 22.5. The average Bonchev–Trinajstić information content (AvgIpc) is 2.06. The number of carbonyl (C=O) groups is 2. The normalized spacial score (nSPS) is 26.2. The molecule has 0 spiro atoms. The molecule has 0 bridgehead atoms. The molecule has 10 heteroatoms. The van der Waals surface area contributed by atoms with Crippen molar-refractivity contribution in [3.05, 3.63) is 0 Å². The molecule has 1 heterocycles. The Kier molecular flexibility index (Phi) is 3.48. The summed E-state index contributed by atoms with van der Waals surface area (Å²) in [5, 5.41) is 0. The molecule has 8 nitrogen and oxygen atoms in total. The van der Waals surface area contributed by atoms with Crippen LogP contribution in [0, 0.1) is 0 Å². The zero-order valence-corrected chi connectivity index (χ0v) is 10.6. The van der Waals surface area contributed by atoms with Gasteiger partial charge in [0.15, 0.2) is 19.7 Å². The summed E-state index contributed by atoms with van der Waals surface area (Å²) in [6.07, 6.45) is -0.0737. The Morgan fingerprint density at radius 1 is 1.00 bits per heavy atom. The SMILES string of the molecule is CS(=O)(=O)CC1OC(=O)C(S(C)(=O)=O)OC1=O. The third-order valence-electron chi connectivity index (χ3n) is 1.78. The molecule has 17 heavy (non-hydrogen) atoms. The highest BCUT2D eigenvalue weighted by Gasteiger charge is 2.44. The molecule has 0 radical (unpaired) electrons. The predicted molar refractivity (Wildman–Crippen MR) is 54.3 cm³/mol. The van der Waals surface area contributed by atoms with Crippen molar-refractivity contribution in [3.8, 4) is 0 Å². The molecule has 1 aliphatic heterocycles. The van der Waals surface area contributed by atoms with Gasteiger partial charge in [-0.25, -0.2) is 26.4 Å². The van der Waals surface area contributed by atoms with Crippen LogP contribution in [0.2, 0.25) is 0 Å². The van der Waals surface area contributed by atoms with E-state index in [4.69, 9.17) is 0 Å². The lowest BCUT2D eigenvalue weighted by Gasteiger charge is -2.25. The van der Waals surface area contributed by atoms with Gasteiger partial charge in [-0.2, -0.15) is 0 Å². The van der Waals surface area contributed by atoms with E-state index in [0.717, 1.165) is 6.26 Å². The molecule has 2 atom stereocenters. The highest BCUT2D eigenvalue weighted by atomic mass is 32.2. The number of carbonyl (C=O) groups excluding carboxylic acids is 2. The third-order valence-corrected chi connectivity index (χ3v) is 3.75. The first-order valence-corrected chi connectivity index (χ1v) is 8.30. The van der Waals surface area contributed by atoms with E-state index in [1.165, 1.54) is 0 Å². The van der Waals surface area contributed by atoms with Crippen molar-refractivity contribution in [2.45, 2.75) is 11.5 Å². The van der Waals surface area contributed by atoms with E-state index in [1.807, 2.05) is 0 Å². The molecule has 0 amide bonds. The third kappa shape index (κ3) is 3.66. The molecule has 1 fully saturated rings. The molecule has 0 aromatic carbocycles. The molecule has 0 N–H and O–H groups in total. The van der Waals surface area contributed by atoms with Crippen LogP contribution in [0.25, 0.3) is 0 Å². The van der Waals surface area contributed by atoms with Gasteiger partial charge in [0.25, 0.3) is 5.44 Å². The summed E-state index contributed by atoms with van der Waals surface area (Å²) in [7, 11) is -7.50. The smallest absolute Gasteiger partial charge is 0.364 e. The van der Waals surface area contributed by atoms with Crippen LogP contribution in [0.1, 0.15) is 0 Å². The van der Waals surface area contributed by atoms with Crippen LogP contribution in [0.4, 0.5) is 0 Å². The van der Waals surface area contributed by atoms with Crippen molar-refractivity contribution in [1.29, 1.82) is 0 Å². The number of hydrogen-bond donors (Lipinski definition) is 0. The number of cyclic esters (lactones) is 2. The van der Waals surface area contributed by atoms with Gasteiger partial charge in [0.2, 0.25) is 6.10 Å². The molecule has 1 aliphatic rings. The van der Waals surface area contributed by atoms with Crippen molar-refractivity contribution in [2.24, 2.45) is 0 Å². The second-order valence-corrected chi connectivity index (χ2v) is 7.89. The second-order valence-electron chi connectivity index (χ2n) is 3.62. The van der Waals surface area contributed by atoms with Crippen molar-refractivity contribution >= 4 is 31.6 Å². The molecule has 0 aliphatic carbocycles. The standard InChI is InChI=1S/C7H10O8S2/c1-16(10,11)3-4-5(8)15-7(6(9)14-4)17(2,12)13/h4,7H,3H2,1-2H3. The van der Waals surface area contributed by atoms with E-state index >= 15 is 0 Å².